The minimum Gasteiger partial charge on any atom is -0.488 e. The zero-order valence-corrected chi connectivity index (χ0v) is 13.2. The van der Waals surface area contributed by atoms with Crippen molar-refractivity contribution in [3.05, 3.63) is 88.9 Å². The maximum atomic E-state index is 11.4. The van der Waals surface area contributed by atoms with Gasteiger partial charge in [0.1, 0.15) is 12.4 Å². The van der Waals surface area contributed by atoms with E-state index in [-0.39, 0.29) is 0 Å². The third-order valence-electron chi connectivity index (χ3n) is 3.55. The summed E-state index contributed by atoms with van der Waals surface area (Å²) in [6.45, 7) is 0.392. The van der Waals surface area contributed by atoms with Crippen LogP contribution >= 0.6 is 11.6 Å². The summed E-state index contributed by atoms with van der Waals surface area (Å²) in [4.78, 5) is 11.4. The first-order valence-electron chi connectivity index (χ1n) is 7.28. The lowest BCUT2D eigenvalue weighted by atomic mass is 10.0. The number of carbonyl (C=O) groups is 1. The molecule has 2 nitrogen and oxygen atoms in total. The smallest absolute Gasteiger partial charge is 0.153 e. The molecule has 0 atom stereocenters. The van der Waals surface area contributed by atoms with Crippen molar-refractivity contribution in [3.63, 3.8) is 0 Å². The summed E-state index contributed by atoms with van der Waals surface area (Å²) in [5.41, 5.74) is 3.60. The summed E-state index contributed by atoms with van der Waals surface area (Å²) in [7, 11) is 0. The Hall–Kier alpha value is -2.58. The quantitative estimate of drug-likeness (QED) is 0.588. The first-order chi connectivity index (χ1) is 11.3. The van der Waals surface area contributed by atoms with Crippen molar-refractivity contribution in [2.45, 2.75) is 6.61 Å². The van der Waals surface area contributed by atoms with Crippen LogP contribution in [0.5, 0.6) is 5.75 Å². The second-order valence-corrected chi connectivity index (χ2v) is 5.59. The Labute approximate surface area is 140 Å². The normalized spacial score (nSPS) is 10.3. The summed E-state index contributed by atoms with van der Waals surface area (Å²) < 4.78 is 5.77. The van der Waals surface area contributed by atoms with Crippen molar-refractivity contribution in [1.29, 1.82) is 0 Å². The van der Waals surface area contributed by atoms with Crippen LogP contribution in [0.15, 0.2) is 72.8 Å². The number of rotatable bonds is 5. The van der Waals surface area contributed by atoms with Crippen LogP contribution in [0.3, 0.4) is 0 Å². The van der Waals surface area contributed by atoms with Crippen LogP contribution < -0.4 is 4.74 Å². The Morgan fingerprint density at radius 3 is 2.30 bits per heavy atom. The van der Waals surface area contributed by atoms with Gasteiger partial charge in [0.15, 0.2) is 6.29 Å². The van der Waals surface area contributed by atoms with E-state index in [1.54, 1.807) is 0 Å². The topological polar surface area (TPSA) is 26.3 Å². The average molecular weight is 323 g/mol. The fourth-order valence-electron chi connectivity index (χ4n) is 2.32. The summed E-state index contributed by atoms with van der Waals surface area (Å²) in [5.74, 6) is 0.578. The number of hydrogen-bond donors (Lipinski definition) is 0. The number of halogens is 1. The van der Waals surface area contributed by atoms with Gasteiger partial charge >= 0.3 is 0 Å². The molecule has 0 aliphatic heterocycles. The van der Waals surface area contributed by atoms with Crippen LogP contribution in [0, 0.1) is 0 Å². The zero-order chi connectivity index (χ0) is 16.1. The molecule has 3 heteroatoms. The summed E-state index contributed by atoms with van der Waals surface area (Å²) in [6.07, 6.45) is 0.823. The van der Waals surface area contributed by atoms with Crippen molar-refractivity contribution in [3.8, 4) is 16.9 Å². The van der Waals surface area contributed by atoms with Crippen molar-refractivity contribution >= 4 is 17.9 Å². The van der Waals surface area contributed by atoms with E-state index in [1.165, 1.54) is 0 Å². The van der Waals surface area contributed by atoms with E-state index in [2.05, 4.69) is 0 Å². The number of carbonyl (C=O) groups excluding carboxylic acids is 1. The standard InChI is InChI=1S/C20H15ClO2/c21-19-9-6-15(7-10-19)14-23-20-11-8-17(12-18(20)13-22)16-4-2-1-3-5-16/h1-13H,14H2. The molecule has 3 aromatic carbocycles. The molecule has 0 saturated carbocycles. The highest BCUT2D eigenvalue weighted by Crippen LogP contribution is 2.26. The fourth-order valence-corrected chi connectivity index (χ4v) is 2.45. The predicted octanol–water partition coefficient (Wildman–Crippen LogP) is 5.40. The number of aldehydes is 1. The molecule has 0 fully saturated rings. The summed E-state index contributed by atoms with van der Waals surface area (Å²) in [6, 6.07) is 23.0. The van der Waals surface area contributed by atoms with E-state index in [4.69, 9.17) is 16.3 Å². The van der Waals surface area contributed by atoms with Gasteiger partial charge in [-0.15, -0.1) is 0 Å². The first kappa shape index (κ1) is 15.3. The molecule has 0 saturated heterocycles. The number of ether oxygens (including phenoxy) is 1. The molecule has 3 rings (SSSR count). The highest BCUT2D eigenvalue weighted by molar-refractivity contribution is 6.30. The molecular formula is C20H15ClO2. The summed E-state index contributed by atoms with van der Waals surface area (Å²) in [5, 5.41) is 0.689. The third-order valence-corrected chi connectivity index (χ3v) is 3.80. The van der Waals surface area contributed by atoms with Crippen LogP contribution in [-0.4, -0.2) is 6.29 Å². The molecule has 0 radical (unpaired) electrons. The van der Waals surface area contributed by atoms with Gasteiger partial charge < -0.3 is 4.74 Å². The molecule has 3 aromatic rings. The van der Waals surface area contributed by atoms with Crippen LogP contribution in [0.4, 0.5) is 0 Å². The summed E-state index contributed by atoms with van der Waals surface area (Å²) >= 11 is 5.87. The van der Waals surface area contributed by atoms with Gasteiger partial charge in [0.25, 0.3) is 0 Å². The molecule has 114 valence electrons. The van der Waals surface area contributed by atoms with Gasteiger partial charge in [-0.3, -0.25) is 4.79 Å². The minimum atomic E-state index is 0.392. The van der Waals surface area contributed by atoms with Crippen LogP contribution in [0.25, 0.3) is 11.1 Å². The Bertz CT molecular complexity index is 796. The van der Waals surface area contributed by atoms with Gasteiger partial charge in [0.05, 0.1) is 5.56 Å². The lowest BCUT2D eigenvalue weighted by molar-refractivity contribution is 0.111. The van der Waals surface area contributed by atoms with Gasteiger partial charge in [-0.25, -0.2) is 0 Å². The Balaban J connectivity index is 1.80. The molecule has 0 spiro atoms. The van der Waals surface area contributed by atoms with Crippen LogP contribution in [0.1, 0.15) is 15.9 Å². The lowest BCUT2D eigenvalue weighted by Crippen LogP contribution is -1.98. The molecule has 0 aromatic heterocycles. The molecular weight excluding hydrogens is 308 g/mol. The van der Waals surface area contributed by atoms with E-state index >= 15 is 0 Å². The largest absolute Gasteiger partial charge is 0.488 e. The molecule has 0 aliphatic carbocycles. The Morgan fingerprint density at radius 1 is 0.870 bits per heavy atom. The molecule has 0 heterocycles. The van der Waals surface area contributed by atoms with Gasteiger partial charge in [-0.2, -0.15) is 0 Å². The van der Waals surface area contributed by atoms with Crippen LogP contribution in [-0.2, 0) is 6.61 Å². The van der Waals surface area contributed by atoms with E-state index in [1.807, 2.05) is 72.8 Å². The molecule has 0 bridgehead atoms. The Morgan fingerprint density at radius 2 is 1.61 bits per heavy atom. The second-order valence-electron chi connectivity index (χ2n) is 5.15. The fraction of sp³-hybridized carbons (Fsp3) is 0.0500. The van der Waals surface area contributed by atoms with Gasteiger partial charge in [0, 0.05) is 5.02 Å². The highest BCUT2D eigenvalue weighted by atomic mass is 35.5. The molecule has 0 N–H and O–H groups in total. The van der Waals surface area contributed by atoms with Crippen molar-refractivity contribution in [1.82, 2.24) is 0 Å². The second kappa shape index (κ2) is 7.12. The van der Waals surface area contributed by atoms with E-state index in [9.17, 15) is 4.79 Å². The minimum absolute atomic E-state index is 0.392. The maximum absolute atomic E-state index is 11.4. The van der Waals surface area contributed by atoms with Gasteiger partial charge in [0.2, 0.25) is 0 Å². The number of benzene rings is 3. The van der Waals surface area contributed by atoms with Crippen molar-refractivity contribution in [2.24, 2.45) is 0 Å². The zero-order valence-electron chi connectivity index (χ0n) is 12.4. The van der Waals surface area contributed by atoms with Gasteiger partial charge in [-0.05, 0) is 41.0 Å². The van der Waals surface area contributed by atoms with E-state index < -0.39 is 0 Å². The Kier molecular flexibility index (Phi) is 4.74. The monoisotopic (exact) mass is 322 g/mol. The van der Waals surface area contributed by atoms with E-state index in [0.717, 1.165) is 23.0 Å². The van der Waals surface area contributed by atoms with Crippen LogP contribution in [0.2, 0.25) is 5.02 Å². The average Bonchev–Trinajstić information content (AvgIpc) is 2.62. The maximum Gasteiger partial charge on any atom is 0.153 e. The van der Waals surface area contributed by atoms with E-state index in [0.29, 0.717) is 22.9 Å². The third kappa shape index (κ3) is 3.79. The van der Waals surface area contributed by atoms with Gasteiger partial charge in [-0.1, -0.05) is 60.1 Å². The first-order valence-corrected chi connectivity index (χ1v) is 7.66. The molecule has 23 heavy (non-hydrogen) atoms. The highest BCUT2D eigenvalue weighted by Gasteiger charge is 2.06. The SMILES string of the molecule is O=Cc1cc(-c2ccccc2)ccc1OCc1ccc(Cl)cc1. The lowest BCUT2D eigenvalue weighted by Gasteiger charge is -2.10. The molecule has 0 unspecified atom stereocenters. The number of hydrogen-bond acceptors (Lipinski definition) is 2. The van der Waals surface area contributed by atoms with Crippen molar-refractivity contribution in [2.75, 3.05) is 0 Å². The molecule has 0 aliphatic rings. The van der Waals surface area contributed by atoms with Crippen molar-refractivity contribution < 1.29 is 9.53 Å². The predicted molar refractivity (Wildman–Crippen MR) is 93.0 cm³/mol. The molecule has 0 amide bonds.